The summed E-state index contributed by atoms with van der Waals surface area (Å²) in [7, 11) is -3.74. The maximum Gasteiger partial charge on any atom is 0.306 e. The molecule has 2 N–H and O–H groups in total. The number of rotatable bonds is 4. The Bertz CT molecular complexity index is 673. The van der Waals surface area contributed by atoms with Gasteiger partial charge in [-0.3, -0.25) is 9.78 Å². The van der Waals surface area contributed by atoms with Crippen LogP contribution in [0, 0.1) is 17.2 Å². The minimum absolute atomic E-state index is 0.0538. The zero-order chi connectivity index (χ0) is 15.5. The van der Waals surface area contributed by atoms with Crippen LogP contribution in [-0.2, 0) is 14.8 Å². The Labute approximate surface area is 122 Å². The van der Waals surface area contributed by atoms with Crippen molar-refractivity contribution in [1.29, 1.82) is 5.26 Å². The molecule has 21 heavy (non-hydrogen) atoms. The summed E-state index contributed by atoms with van der Waals surface area (Å²) in [6.07, 6.45) is 4.37. The maximum absolute atomic E-state index is 12.2. The zero-order valence-corrected chi connectivity index (χ0v) is 12.0. The minimum atomic E-state index is -3.74. The Morgan fingerprint density at radius 1 is 1.33 bits per heavy atom. The Morgan fingerprint density at radius 2 is 2.00 bits per heavy atom. The highest BCUT2D eigenvalue weighted by Gasteiger charge is 2.29. The van der Waals surface area contributed by atoms with Gasteiger partial charge < -0.3 is 5.11 Å². The Balaban J connectivity index is 2.05. The molecule has 1 fully saturated rings. The molecule has 1 aliphatic carbocycles. The highest BCUT2D eigenvalue weighted by Crippen LogP contribution is 2.25. The van der Waals surface area contributed by atoms with Gasteiger partial charge in [-0.1, -0.05) is 0 Å². The average molecular weight is 309 g/mol. The van der Waals surface area contributed by atoms with Crippen molar-refractivity contribution in [3.8, 4) is 6.07 Å². The quantitative estimate of drug-likeness (QED) is 0.851. The molecule has 0 amide bonds. The van der Waals surface area contributed by atoms with Crippen LogP contribution >= 0.6 is 0 Å². The number of carboxylic acids is 1. The van der Waals surface area contributed by atoms with Crippen LogP contribution in [0.5, 0.6) is 0 Å². The van der Waals surface area contributed by atoms with Crippen molar-refractivity contribution in [2.45, 2.75) is 36.6 Å². The largest absolute Gasteiger partial charge is 0.481 e. The van der Waals surface area contributed by atoms with E-state index in [-0.39, 0.29) is 16.5 Å². The van der Waals surface area contributed by atoms with E-state index in [1.165, 1.54) is 18.5 Å². The van der Waals surface area contributed by atoms with Crippen LogP contribution in [-0.4, -0.2) is 30.5 Å². The molecule has 0 radical (unpaired) electrons. The van der Waals surface area contributed by atoms with Gasteiger partial charge in [0, 0.05) is 18.4 Å². The van der Waals surface area contributed by atoms with Crippen LogP contribution in [0.4, 0.5) is 0 Å². The number of nitrogens with one attached hydrogen (secondary N) is 1. The van der Waals surface area contributed by atoms with Gasteiger partial charge in [-0.25, -0.2) is 13.1 Å². The highest BCUT2D eigenvalue weighted by molar-refractivity contribution is 7.89. The fourth-order valence-electron chi connectivity index (χ4n) is 2.37. The van der Waals surface area contributed by atoms with E-state index in [2.05, 4.69) is 9.71 Å². The molecule has 7 nitrogen and oxygen atoms in total. The molecule has 112 valence electrons. The number of hydrogen-bond donors (Lipinski definition) is 2. The number of nitriles is 1. The van der Waals surface area contributed by atoms with E-state index in [1.807, 2.05) is 6.07 Å². The van der Waals surface area contributed by atoms with Gasteiger partial charge in [0.25, 0.3) is 0 Å². The molecule has 0 aliphatic heterocycles. The number of sulfonamides is 1. The molecule has 2 rings (SSSR count). The van der Waals surface area contributed by atoms with Crippen LogP contribution in [0.3, 0.4) is 0 Å². The standard InChI is InChI=1S/C13H15N3O4S/c14-6-9-5-12(8-15-7-9)21(19,20)16-11-3-1-10(2-4-11)13(17)18/h5,7-8,10-11,16H,1-4H2,(H,17,18). The van der Waals surface area contributed by atoms with Crippen LogP contribution < -0.4 is 4.72 Å². The van der Waals surface area contributed by atoms with E-state index in [0.717, 1.165) is 0 Å². The summed E-state index contributed by atoms with van der Waals surface area (Å²) in [5, 5.41) is 17.7. The lowest BCUT2D eigenvalue weighted by Crippen LogP contribution is -2.38. The second kappa shape index (κ2) is 6.20. The van der Waals surface area contributed by atoms with E-state index in [9.17, 15) is 13.2 Å². The lowest BCUT2D eigenvalue weighted by Gasteiger charge is -2.26. The number of nitrogens with zero attached hydrogens (tertiary/aromatic N) is 2. The third kappa shape index (κ3) is 3.77. The van der Waals surface area contributed by atoms with Gasteiger partial charge >= 0.3 is 5.97 Å². The average Bonchev–Trinajstić information content (AvgIpc) is 2.47. The number of carboxylic acid groups (broad SMARTS) is 1. The second-order valence-electron chi connectivity index (χ2n) is 5.03. The summed E-state index contributed by atoms with van der Waals surface area (Å²) in [6.45, 7) is 0. The van der Waals surface area contributed by atoms with Crippen molar-refractivity contribution >= 4 is 16.0 Å². The smallest absolute Gasteiger partial charge is 0.306 e. The lowest BCUT2D eigenvalue weighted by molar-refractivity contribution is -0.142. The summed E-state index contributed by atoms with van der Waals surface area (Å²) in [5.41, 5.74) is 0.174. The van der Waals surface area contributed by atoms with E-state index >= 15 is 0 Å². The van der Waals surface area contributed by atoms with E-state index in [4.69, 9.17) is 10.4 Å². The summed E-state index contributed by atoms with van der Waals surface area (Å²) < 4.78 is 27.0. The zero-order valence-electron chi connectivity index (χ0n) is 11.2. The van der Waals surface area contributed by atoms with Gasteiger partial charge in [-0.05, 0) is 31.7 Å². The predicted octanol–water partition coefficient (Wildman–Crippen LogP) is 0.875. The summed E-state index contributed by atoms with van der Waals surface area (Å²) in [5.74, 6) is -1.23. The molecule has 1 saturated carbocycles. The molecular weight excluding hydrogens is 294 g/mol. The normalized spacial score (nSPS) is 22.4. The van der Waals surface area contributed by atoms with Crippen molar-refractivity contribution in [2.75, 3.05) is 0 Å². The topological polar surface area (TPSA) is 120 Å². The van der Waals surface area contributed by atoms with E-state index < -0.39 is 21.9 Å². The molecule has 0 unspecified atom stereocenters. The first kappa shape index (κ1) is 15.4. The molecule has 1 aromatic heterocycles. The Kier molecular flexibility index (Phi) is 4.55. The summed E-state index contributed by atoms with van der Waals surface area (Å²) >= 11 is 0. The SMILES string of the molecule is N#Cc1cncc(S(=O)(=O)NC2CCC(C(=O)O)CC2)c1. The van der Waals surface area contributed by atoms with Crippen molar-refractivity contribution < 1.29 is 18.3 Å². The number of hydrogen-bond acceptors (Lipinski definition) is 5. The first-order valence-corrected chi connectivity index (χ1v) is 8.01. The van der Waals surface area contributed by atoms with Gasteiger partial charge in [0.2, 0.25) is 10.0 Å². The van der Waals surface area contributed by atoms with Crippen LogP contribution in [0.15, 0.2) is 23.4 Å². The summed E-state index contributed by atoms with van der Waals surface area (Å²) in [6, 6.07) is 2.82. The molecule has 0 atom stereocenters. The van der Waals surface area contributed by atoms with Gasteiger partial charge in [-0.2, -0.15) is 5.26 Å². The first-order chi connectivity index (χ1) is 9.92. The minimum Gasteiger partial charge on any atom is -0.481 e. The van der Waals surface area contributed by atoms with Crippen molar-refractivity contribution in [3.63, 3.8) is 0 Å². The molecule has 0 spiro atoms. The van der Waals surface area contributed by atoms with Crippen LogP contribution in [0.25, 0.3) is 0 Å². The maximum atomic E-state index is 12.2. The Hall–Kier alpha value is -1.98. The Morgan fingerprint density at radius 3 is 2.57 bits per heavy atom. The highest BCUT2D eigenvalue weighted by atomic mass is 32.2. The monoisotopic (exact) mass is 309 g/mol. The second-order valence-corrected chi connectivity index (χ2v) is 6.74. The predicted molar refractivity (Wildman–Crippen MR) is 72.7 cm³/mol. The van der Waals surface area contributed by atoms with Crippen molar-refractivity contribution in [2.24, 2.45) is 5.92 Å². The molecule has 0 saturated heterocycles. The van der Waals surface area contributed by atoms with Gasteiger partial charge in [0.1, 0.15) is 11.0 Å². The third-order valence-corrected chi connectivity index (χ3v) is 5.04. The first-order valence-electron chi connectivity index (χ1n) is 6.52. The molecule has 0 bridgehead atoms. The van der Waals surface area contributed by atoms with Crippen LogP contribution in [0.2, 0.25) is 0 Å². The summed E-state index contributed by atoms with van der Waals surface area (Å²) in [4.78, 5) is 14.5. The molecule has 1 aliphatic rings. The fourth-order valence-corrected chi connectivity index (χ4v) is 3.66. The lowest BCUT2D eigenvalue weighted by atomic mass is 9.87. The molecular formula is C13H15N3O4S. The molecule has 1 aromatic rings. The molecule has 0 aromatic carbocycles. The van der Waals surface area contributed by atoms with Gasteiger partial charge in [0.05, 0.1) is 11.5 Å². The van der Waals surface area contributed by atoms with Gasteiger partial charge in [0.15, 0.2) is 0 Å². The van der Waals surface area contributed by atoms with E-state index in [0.29, 0.717) is 25.7 Å². The molecule has 8 heteroatoms. The third-order valence-electron chi connectivity index (χ3n) is 3.55. The number of carbonyl (C=O) groups is 1. The van der Waals surface area contributed by atoms with Crippen LogP contribution in [0.1, 0.15) is 31.2 Å². The van der Waals surface area contributed by atoms with E-state index in [1.54, 1.807) is 0 Å². The number of aliphatic carboxylic acids is 1. The van der Waals surface area contributed by atoms with Crippen molar-refractivity contribution in [3.05, 3.63) is 24.0 Å². The van der Waals surface area contributed by atoms with Crippen molar-refractivity contribution in [1.82, 2.24) is 9.71 Å². The molecule has 1 heterocycles. The van der Waals surface area contributed by atoms with Gasteiger partial charge in [-0.15, -0.1) is 0 Å². The number of pyridine rings is 1. The number of aromatic nitrogens is 1. The fraction of sp³-hybridized carbons (Fsp3) is 0.462.